The zero-order valence-corrected chi connectivity index (χ0v) is 17.9. The maximum absolute atomic E-state index is 5.66. The highest BCUT2D eigenvalue weighted by Gasteiger charge is 2.42. The molecule has 3 fully saturated rings. The van der Waals surface area contributed by atoms with Crippen molar-refractivity contribution in [3.05, 3.63) is 0 Å². The van der Waals surface area contributed by atoms with Gasteiger partial charge in [-0.05, 0) is 44.4 Å². The summed E-state index contributed by atoms with van der Waals surface area (Å²) in [4.78, 5) is 7.50. The van der Waals surface area contributed by atoms with Crippen LogP contribution >= 0.6 is 24.0 Å². The van der Waals surface area contributed by atoms with Crippen LogP contribution in [0.5, 0.6) is 0 Å². The number of halogens is 1. The number of likely N-dealkylation sites (tertiary alicyclic amines) is 1. The van der Waals surface area contributed by atoms with E-state index in [1.165, 1.54) is 44.9 Å². The van der Waals surface area contributed by atoms with Crippen LogP contribution in [-0.2, 0) is 4.74 Å². The van der Waals surface area contributed by atoms with Crippen molar-refractivity contribution in [2.75, 3.05) is 39.4 Å². The number of nitrogens with zero attached hydrogens (tertiary/aromatic N) is 2. The smallest absolute Gasteiger partial charge is 0.193 e. The van der Waals surface area contributed by atoms with Crippen LogP contribution in [0.4, 0.5) is 0 Å². The van der Waals surface area contributed by atoms with Crippen LogP contribution in [0.15, 0.2) is 4.99 Å². The Bertz CT molecular complexity index is 401. The number of rotatable bonds is 4. The standard InChI is InChI=1S/C19H35N3O.HI/c1-3-16-5-7-17(8-6-16)13-21-18(20-4-2)22-11-9-19(14-22)10-12-23-15-19;/h16-17H,3-15H2,1-2H3,(H,20,21);1H. The molecule has 1 spiro atoms. The van der Waals surface area contributed by atoms with E-state index in [2.05, 4.69) is 24.1 Å². The van der Waals surface area contributed by atoms with Gasteiger partial charge >= 0.3 is 0 Å². The van der Waals surface area contributed by atoms with Gasteiger partial charge in [0.25, 0.3) is 0 Å². The summed E-state index contributed by atoms with van der Waals surface area (Å²) in [5.41, 5.74) is 0.412. The molecule has 140 valence electrons. The molecular weight excluding hydrogens is 413 g/mol. The second kappa shape index (κ2) is 9.60. The lowest BCUT2D eigenvalue weighted by Crippen LogP contribution is -2.41. The van der Waals surface area contributed by atoms with Crippen LogP contribution in [0.3, 0.4) is 0 Å². The molecule has 1 atom stereocenters. The predicted molar refractivity (Wildman–Crippen MR) is 111 cm³/mol. The van der Waals surface area contributed by atoms with E-state index in [9.17, 15) is 0 Å². The molecule has 24 heavy (non-hydrogen) atoms. The first kappa shape index (κ1) is 20.3. The Morgan fingerprint density at radius 1 is 1.17 bits per heavy atom. The van der Waals surface area contributed by atoms with Crippen LogP contribution in [0.2, 0.25) is 0 Å². The fourth-order valence-electron chi connectivity index (χ4n) is 4.55. The normalized spacial score (nSPS) is 33.8. The molecule has 0 aromatic heterocycles. The summed E-state index contributed by atoms with van der Waals surface area (Å²) in [6.45, 7) is 10.6. The zero-order chi connectivity index (χ0) is 16.1. The molecule has 4 nitrogen and oxygen atoms in total. The van der Waals surface area contributed by atoms with Crippen LogP contribution in [0, 0.1) is 17.3 Å². The van der Waals surface area contributed by atoms with Crippen molar-refractivity contribution in [3.63, 3.8) is 0 Å². The molecule has 0 amide bonds. The van der Waals surface area contributed by atoms with E-state index in [4.69, 9.17) is 9.73 Å². The minimum Gasteiger partial charge on any atom is -0.381 e. The molecule has 0 aromatic rings. The van der Waals surface area contributed by atoms with Gasteiger partial charge in [0.2, 0.25) is 0 Å². The number of aliphatic imine (C=N–C) groups is 1. The third kappa shape index (κ3) is 4.99. The minimum atomic E-state index is 0. The van der Waals surface area contributed by atoms with Crippen molar-refractivity contribution in [2.45, 2.75) is 58.8 Å². The Kier molecular flexibility index (Phi) is 8.11. The van der Waals surface area contributed by atoms with E-state index in [-0.39, 0.29) is 24.0 Å². The fourth-order valence-corrected chi connectivity index (χ4v) is 4.55. The second-order valence-corrected chi connectivity index (χ2v) is 7.96. The number of nitrogens with one attached hydrogen (secondary N) is 1. The van der Waals surface area contributed by atoms with E-state index in [0.29, 0.717) is 5.41 Å². The molecule has 2 saturated heterocycles. The van der Waals surface area contributed by atoms with Crippen LogP contribution in [0.1, 0.15) is 58.8 Å². The summed E-state index contributed by atoms with van der Waals surface area (Å²) < 4.78 is 5.66. The molecule has 3 rings (SSSR count). The molecule has 1 saturated carbocycles. The first-order valence-corrected chi connectivity index (χ1v) is 9.85. The molecule has 2 aliphatic heterocycles. The summed E-state index contributed by atoms with van der Waals surface area (Å²) in [5.74, 6) is 2.93. The second-order valence-electron chi connectivity index (χ2n) is 7.96. The van der Waals surface area contributed by atoms with Gasteiger partial charge in [0.05, 0.1) is 6.61 Å². The molecule has 0 aromatic carbocycles. The van der Waals surface area contributed by atoms with Crippen molar-refractivity contribution in [2.24, 2.45) is 22.2 Å². The summed E-state index contributed by atoms with van der Waals surface area (Å²) in [5, 5.41) is 3.53. The Hall–Kier alpha value is -0.0400. The summed E-state index contributed by atoms with van der Waals surface area (Å²) in [6, 6.07) is 0. The highest BCUT2D eigenvalue weighted by atomic mass is 127. The van der Waals surface area contributed by atoms with Gasteiger partial charge in [0.1, 0.15) is 0 Å². The van der Waals surface area contributed by atoms with Gasteiger partial charge in [-0.25, -0.2) is 0 Å². The minimum absolute atomic E-state index is 0. The zero-order valence-electron chi connectivity index (χ0n) is 15.6. The number of guanidine groups is 1. The highest BCUT2D eigenvalue weighted by Crippen LogP contribution is 2.38. The lowest BCUT2D eigenvalue weighted by atomic mass is 9.81. The Balaban J connectivity index is 0.00000208. The fraction of sp³-hybridized carbons (Fsp3) is 0.947. The van der Waals surface area contributed by atoms with Gasteiger partial charge < -0.3 is 15.0 Å². The van der Waals surface area contributed by atoms with Gasteiger partial charge in [-0.15, -0.1) is 24.0 Å². The molecule has 1 unspecified atom stereocenters. The Morgan fingerprint density at radius 2 is 1.92 bits per heavy atom. The maximum Gasteiger partial charge on any atom is 0.193 e. The van der Waals surface area contributed by atoms with Gasteiger partial charge in [0.15, 0.2) is 5.96 Å². The lowest BCUT2D eigenvalue weighted by Gasteiger charge is -2.28. The van der Waals surface area contributed by atoms with E-state index < -0.39 is 0 Å². The van der Waals surface area contributed by atoms with Crippen molar-refractivity contribution in [1.82, 2.24) is 10.2 Å². The SMILES string of the molecule is CCNC(=NCC1CCC(CC)CC1)N1CCC2(CCOC2)C1.I. The highest BCUT2D eigenvalue weighted by molar-refractivity contribution is 14.0. The summed E-state index contributed by atoms with van der Waals surface area (Å²) in [7, 11) is 0. The molecule has 5 heteroatoms. The molecule has 1 aliphatic carbocycles. The molecule has 2 heterocycles. The van der Waals surface area contributed by atoms with Crippen LogP contribution < -0.4 is 5.32 Å². The Labute approximate surface area is 165 Å². The molecule has 1 N–H and O–H groups in total. The summed E-state index contributed by atoms with van der Waals surface area (Å²) in [6.07, 6.45) is 9.42. The monoisotopic (exact) mass is 449 g/mol. The van der Waals surface area contributed by atoms with Gasteiger partial charge in [-0.2, -0.15) is 0 Å². The maximum atomic E-state index is 5.66. The van der Waals surface area contributed by atoms with Gasteiger partial charge in [0, 0.05) is 38.2 Å². The average Bonchev–Trinajstić information content (AvgIpc) is 3.22. The first-order chi connectivity index (χ1) is 11.2. The van der Waals surface area contributed by atoms with Gasteiger partial charge in [-0.1, -0.05) is 26.2 Å². The predicted octanol–water partition coefficient (Wildman–Crippen LogP) is 3.90. The third-order valence-electron chi connectivity index (χ3n) is 6.30. The topological polar surface area (TPSA) is 36.9 Å². The van der Waals surface area contributed by atoms with Crippen LogP contribution in [-0.4, -0.2) is 50.3 Å². The van der Waals surface area contributed by atoms with Crippen molar-refractivity contribution in [3.8, 4) is 0 Å². The van der Waals surface area contributed by atoms with Crippen molar-refractivity contribution >= 4 is 29.9 Å². The number of ether oxygens (including phenoxy) is 1. The van der Waals surface area contributed by atoms with Gasteiger partial charge in [-0.3, -0.25) is 4.99 Å². The lowest BCUT2D eigenvalue weighted by molar-refractivity contribution is 0.156. The van der Waals surface area contributed by atoms with Crippen molar-refractivity contribution < 1.29 is 4.74 Å². The summed E-state index contributed by atoms with van der Waals surface area (Å²) >= 11 is 0. The first-order valence-electron chi connectivity index (χ1n) is 9.85. The third-order valence-corrected chi connectivity index (χ3v) is 6.30. The molecule has 0 radical (unpaired) electrons. The molecule has 3 aliphatic rings. The quantitative estimate of drug-likeness (QED) is 0.402. The molecule has 0 bridgehead atoms. The van der Waals surface area contributed by atoms with E-state index >= 15 is 0 Å². The largest absolute Gasteiger partial charge is 0.381 e. The van der Waals surface area contributed by atoms with E-state index in [1.807, 2.05) is 0 Å². The average molecular weight is 449 g/mol. The van der Waals surface area contributed by atoms with E-state index in [1.54, 1.807) is 0 Å². The van der Waals surface area contributed by atoms with Crippen molar-refractivity contribution in [1.29, 1.82) is 0 Å². The number of hydrogen-bond acceptors (Lipinski definition) is 2. The van der Waals surface area contributed by atoms with Crippen LogP contribution in [0.25, 0.3) is 0 Å². The molecular formula is C19H36IN3O. The Morgan fingerprint density at radius 3 is 2.54 bits per heavy atom. The van der Waals surface area contributed by atoms with E-state index in [0.717, 1.165) is 57.2 Å². The number of hydrogen-bond donors (Lipinski definition) is 1.